The lowest BCUT2D eigenvalue weighted by molar-refractivity contribution is -0.384. The number of anilines is 1. The van der Waals surface area contributed by atoms with E-state index in [4.69, 9.17) is 4.74 Å². The van der Waals surface area contributed by atoms with Gasteiger partial charge in [-0.3, -0.25) is 10.1 Å². The summed E-state index contributed by atoms with van der Waals surface area (Å²) in [6.45, 7) is 3.37. The number of hydrogen-bond acceptors (Lipinski definition) is 6. The molecule has 0 spiro atoms. The highest BCUT2D eigenvalue weighted by atomic mass is 16.6. The maximum atomic E-state index is 11.8. The summed E-state index contributed by atoms with van der Waals surface area (Å²) in [6, 6.07) is 12.4. The highest BCUT2D eigenvalue weighted by molar-refractivity contribution is 5.71. The Labute approximate surface area is 157 Å². The van der Waals surface area contributed by atoms with Gasteiger partial charge in [0, 0.05) is 30.8 Å². The summed E-state index contributed by atoms with van der Waals surface area (Å²) in [6.07, 6.45) is 1.24. The Bertz CT molecular complexity index is 805. The van der Waals surface area contributed by atoms with Crippen molar-refractivity contribution in [1.29, 1.82) is 0 Å². The summed E-state index contributed by atoms with van der Waals surface area (Å²) in [5.41, 5.74) is 1.02. The molecule has 0 bridgehead atoms. The predicted octanol–water partition coefficient (Wildman–Crippen LogP) is 3.69. The first-order valence-corrected chi connectivity index (χ1v) is 8.97. The number of nitro groups is 1. The van der Waals surface area contributed by atoms with Crippen LogP contribution in [0.3, 0.4) is 0 Å². The summed E-state index contributed by atoms with van der Waals surface area (Å²) in [5.74, 6) is 0.592. The molecular formula is C19H22N4O4. The summed E-state index contributed by atoms with van der Waals surface area (Å²) in [5, 5.41) is 14.7. The van der Waals surface area contributed by atoms with Gasteiger partial charge in [0.2, 0.25) is 0 Å². The predicted molar refractivity (Wildman–Crippen MR) is 102 cm³/mol. The molecule has 1 fully saturated rings. The number of nitrogens with one attached hydrogen (secondary N) is 1. The van der Waals surface area contributed by atoms with Crippen LogP contribution in [0.15, 0.2) is 42.5 Å². The highest BCUT2D eigenvalue weighted by Gasteiger charge is 2.24. The van der Waals surface area contributed by atoms with E-state index < -0.39 is 4.92 Å². The van der Waals surface area contributed by atoms with Gasteiger partial charge in [0.25, 0.3) is 5.69 Å². The van der Waals surface area contributed by atoms with E-state index in [1.54, 1.807) is 30.0 Å². The smallest absolute Gasteiger partial charge is 0.409 e. The molecule has 27 heavy (non-hydrogen) atoms. The van der Waals surface area contributed by atoms with Crippen LogP contribution >= 0.6 is 0 Å². The summed E-state index contributed by atoms with van der Waals surface area (Å²) in [7, 11) is 0. The fourth-order valence-corrected chi connectivity index (χ4v) is 3.12. The number of pyridine rings is 1. The molecule has 1 amide bonds. The van der Waals surface area contributed by atoms with E-state index >= 15 is 0 Å². The molecule has 1 aromatic heterocycles. The second kappa shape index (κ2) is 8.48. The van der Waals surface area contributed by atoms with E-state index in [2.05, 4.69) is 10.3 Å². The van der Waals surface area contributed by atoms with Crippen LogP contribution in [0.2, 0.25) is 0 Å². The molecule has 142 valence electrons. The quantitative estimate of drug-likeness (QED) is 0.637. The van der Waals surface area contributed by atoms with Crippen LogP contribution in [0.25, 0.3) is 11.3 Å². The van der Waals surface area contributed by atoms with Gasteiger partial charge in [-0.2, -0.15) is 0 Å². The summed E-state index contributed by atoms with van der Waals surface area (Å²) < 4.78 is 5.03. The molecule has 0 radical (unpaired) electrons. The molecule has 1 aliphatic rings. The van der Waals surface area contributed by atoms with Crippen LogP contribution < -0.4 is 5.32 Å². The van der Waals surface area contributed by atoms with E-state index in [1.807, 2.05) is 18.2 Å². The largest absolute Gasteiger partial charge is 0.450 e. The molecule has 0 atom stereocenters. The molecule has 1 aromatic carbocycles. The van der Waals surface area contributed by atoms with Crippen LogP contribution in [-0.2, 0) is 4.74 Å². The Balaban J connectivity index is 1.71. The SMILES string of the molecule is CCOC(=O)N1CCC(Nc2ccc([N+](=O)[O-])c(-c3ccccc3)n2)CC1. The highest BCUT2D eigenvalue weighted by Crippen LogP contribution is 2.29. The molecule has 2 aromatic rings. The number of rotatable bonds is 5. The number of likely N-dealkylation sites (tertiary alicyclic amines) is 1. The van der Waals surface area contributed by atoms with Crippen molar-refractivity contribution in [3.63, 3.8) is 0 Å². The zero-order chi connectivity index (χ0) is 19.2. The van der Waals surface area contributed by atoms with Crippen LogP contribution in [0.5, 0.6) is 0 Å². The maximum Gasteiger partial charge on any atom is 0.409 e. The molecule has 8 heteroatoms. The fraction of sp³-hybridized carbons (Fsp3) is 0.368. The van der Waals surface area contributed by atoms with Gasteiger partial charge in [0.1, 0.15) is 5.82 Å². The lowest BCUT2D eigenvalue weighted by atomic mass is 10.1. The van der Waals surface area contributed by atoms with Gasteiger partial charge in [-0.05, 0) is 25.8 Å². The second-order valence-electron chi connectivity index (χ2n) is 6.29. The lowest BCUT2D eigenvalue weighted by Crippen LogP contribution is -2.42. The van der Waals surface area contributed by atoms with Gasteiger partial charge in [-0.15, -0.1) is 0 Å². The number of amides is 1. The zero-order valence-electron chi connectivity index (χ0n) is 15.1. The van der Waals surface area contributed by atoms with Crippen molar-refractivity contribution in [1.82, 2.24) is 9.88 Å². The number of nitrogens with zero attached hydrogens (tertiary/aromatic N) is 3. The van der Waals surface area contributed by atoms with E-state index in [-0.39, 0.29) is 17.8 Å². The molecule has 0 aliphatic carbocycles. The first-order valence-electron chi connectivity index (χ1n) is 8.97. The number of carbonyl (C=O) groups is 1. The average Bonchev–Trinajstić information content (AvgIpc) is 2.69. The minimum Gasteiger partial charge on any atom is -0.450 e. The second-order valence-corrected chi connectivity index (χ2v) is 6.29. The number of aromatic nitrogens is 1. The third-order valence-electron chi connectivity index (χ3n) is 4.49. The van der Waals surface area contributed by atoms with Crippen molar-refractivity contribution in [3.8, 4) is 11.3 Å². The Kier molecular flexibility index (Phi) is 5.85. The normalized spacial score (nSPS) is 14.6. The summed E-state index contributed by atoms with van der Waals surface area (Å²) in [4.78, 5) is 28.9. The molecule has 1 saturated heterocycles. The Morgan fingerprint density at radius 2 is 1.96 bits per heavy atom. The Morgan fingerprint density at radius 3 is 2.59 bits per heavy atom. The van der Waals surface area contributed by atoms with Crippen molar-refractivity contribution in [3.05, 3.63) is 52.6 Å². The van der Waals surface area contributed by atoms with Crippen molar-refractivity contribution in [2.75, 3.05) is 25.0 Å². The molecule has 3 rings (SSSR count). The lowest BCUT2D eigenvalue weighted by Gasteiger charge is -2.31. The van der Waals surface area contributed by atoms with Crippen molar-refractivity contribution < 1.29 is 14.5 Å². The van der Waals surface area contributed by atoms with Gasteiger partial charge >= 0.3 is 6.09 Å². The van der Waals surface area contributed by atoms with E-state index in [9.17, 15) is 14.9 Å². The molecule has 0 unspecified atom stereocenters. The first-order chi connectivity index (χ1) is 13.1. The van der Waals surface area contributed by atoms with Crippen LogP contribution in [0, 0.1) is 10.1 Å². The first kappa shape index (κ1) is 18.6. The number of ether oxygens (including phenoxy) is 1. The van der Waals surface area contributed by atoms with Crippen LogP contribution in [-0.4, -0.2) is 46.6 Å². The average molecular weight is 370 g/mol. The summed E-state index contributed by atoms with van der Waals surface area (Å²) >= 11 is 0. The van der Waals surface area contributed by atoms with Gasteiger partial charge in [-0.1, -0.05) is 30.3 Å². The Morgan fingerprint density at radius 1 is 1.26 bits per heavy atom. The number of hydrogen-bond donors (Lipinski definition) is 1. The maximum absolute atomic E-state index is 11.8. The van der Waals surface area contributed by atoms with E-state index in [0.717, 1.165) is 12.8 Å². The van der Waals surface area contributed by atoms with E-state index in [0.29, 0.717) is 36.8 Å². The fourth-order valence-electron chi connectivity index (χ4n) is 3.12. The molecule has 1 N–H and O–H groups in total. The van der Waals surface area contributed by atoms with Gasteiger partial charge < -0.3 is 15.0 Å². The number of carbonyl (C=O) groups excluding carboxylic acids is 1. The minimum absolute atomic E-state index is 0.0242. The Hall–Kier alpha value is -3.16. The van der Waals surface area contributed by atoms with Crippen LogP contribution in [0.1, 0.15) is 19.8 Å². The third kappa shape index (κ3) is 4.52. The molecule has 0 saturated carbocycles. The van der Waals surface area contributed by atoms with Gasteiger partial charge in [0.05, 0.1) is 11.5 Å². The number of benzene rings is 1. The molecule has 1 aliphatic heterocycles. The van der Waals surface area contributed by atoms with Gasteiger partial charge in [-0.25, -0.2) is 9.78 Å². The van der Waals surface area contributed by atoms with E-state index in [1.165, 1.54) is 6.07 Å². The van der Waals surface area contributed by atoms with Crippen molar-refractivity contribution in [2.45, 2.75) is 25.8 Å². The molecular weight excluding hydrogens is 348 g/mol. The monoisotopic (exact) mass is 370 g/mol. The topological polar surface area (TPSA) is 97.6 Å². The van der Waals surface area contributed by atoms with Gasteiger partial charge in [0.15, 0.2) is 5.69 Å². The van der Waals surface area contributed by atoms with Crippen LogP contribution in [0.4, 0.5) is 16.3 Å². The van der Waals surface area contributed by atoms with Crippen molar-refractivity contribution >= 4 is 17.6 Å². The third-order valence-corrected chi connectivity index (χ3v) is 4.49. The minimum atomic E-state index is -0.420. The molecule has 2 heterocycles. The standard InChI is InChI=1S/C19H22N4O4/c1-2-27-19(24)22-12-10-15(11-13-22)20-17-9-8-16(23(25)26)18(21-17)14-6-4-3-5-7-14/h3-9,15H,2,10-13H2,1H3,(H,20,21). The molecule has 8 nitrogen and oxygen atoms in total. The van der Waals surface area contributed by atoms with Crippen molar-refractivity contribution in [2.24, 2.45) is 0 Å². The number of piperidine rings is 1. The zero-order valence-corrected chi connectivity index (χ0v) is 15.1.